The molecule has 28 heavy (non-hydrogen) atoms. The molecule has 2 aromatic carbocycles. The Hall–Kier alpha value is -2.34. The van der Waals surface area contributed by atoms with E-state index in [0.717, 1.165) is 5.56 Å². The van der Waals surface area contributed by atoms with Crippen LogP contribution in [0.1, 0.15) is 67.4 Å². The second kappa shape index (κ2) is 7.95. The highest BCUT2D eigenvalue weighted by molar-refractivity contribution is 7.93. The van der Waals surface area contributed by atoms with Crippen LogP contribution < -0.4 is 9.62 Å². The summed E-state index contributed by atoms with van der Waals surface area (Å²) in [4.78, 5) is 12.8. The molecule has 1 aliphatic heterocycles. The van der Waals surface area contributed by atoms with E-state index in [1.54, 1.807) is 24.3 Å². The predicted octanol–water partition coefficient (Wildman–Crippen LogP) is 4.73. The molecule has 0 atom stereocenters. The van der Waals surface area contributed by atoms with Crippen molar-refractivity contribution in [1.29, 1.82) is 0 Å². The number of nitrogens with one attached hydrogen (secondary N) is 1. The lowest BCUT2D eigenvalue weighted by molar-refractivity contribution is 0.102. The molecular formula is C22H28N2O3S. The Morgan fingerprint density at radius 1 is 1.00 bits per heavy atom. The van der Waals surface area contributed by atoms with E-state index < -0.39 is 10.0 Å². The fourth-order valence-electron chi connectivity index (χ4n) is 3.46. The third kappa shape index (κ3) is 4.22. The van der Waals surface area contributed by atoms with Gasteiger partial charge in [-0.2, -0.15) is 0 Å². The van der Waals surface area contributed by atoms with E-state index in [4.69, 9.17) is 0 Å². The van der Waals surface area contributed by atoms with Crippen molar-refractivity contribution in [2.45, 2.75) is 46.0 Å². The minimum absolute atomic E-state index is 0.152. The Morgan fingerprint density at radius 3 is 2.21 bits per heavy atom. The number of anilines is 2. The highest BCUT2D eigenvalue weighted by Crippen LogP contribution is 2.27. The lowest BCUT2D eigenvalue weighted by atomic mass is 9.91. The summed E-state index contributed by atoms with van der Waals surface area (Å²) < 4.78 is 25.5. The van der Waals surface area contributed by atoms with Crippen molar-refractivity contribution in [3.05, 3.63) is 59.2 Å². The molecule has 5 nitrogen and oxygen atoms in total. The summed E-state index contributed by atoms with van der Waals surface area (Å²) >= 11 is 0. The number of carbonyl (C=O) groups excluding carboxylic acids is 1. The van der Waals surface area contributed by atoms with Crippen LogP contribution in [0.3, 0.4) is 0 Å². The lowest BCUT2D eigenvalue weighted by Crippen LogP contribution is -2.25. The average molecular weight is 401 g/mol. The predicted molar refractivity (Wildman–Crippen MR) is 115 cm³/mol. The van der Waals surface area contributed by atoms with Gasteiger partial charge in [0.05, 0.1) is 11.4 Å². The van der Waals surface area contributed by atoms with Crippen molar-refractivity contribution < 1.29 is 13.2 Å². The molecule has 1 fully saturated rings. The van der Waals surface area contributed by atoms with Crippen LogP contribution in [0.4, 0.5) is 11.4 Å². The average Bonchev–Trinajstić information content (AvgIpc) is 3.00. The summed E-state index contributed by atoms with van der Waals surface area (Å²) in [7, 11) is -3.20. The number of benzene rings is 2. The van der Waals surface area contributed by atoms with Crippen LogP contribution in [0.5, 0.6) is 0 Å². The number of carbonyl (C=O) groups is 1. The van der Waals surface area contributed by atoms with Gasteiger partial charge in [0.2, 0.25) is 10.0 Å². The van der Waals surface area contributed by atoms with Crippen molar-refractivity contribution in [3.8, 4) is 0 Å². The highest BCUT2D eigenvalue weighted by atomic mass is 32.2. The topological polar surface area (TPSA) is 66.5 Å². The molecule has 0 saturated carbocycles. The molecule has 0 aliphatic carbocycles. The third-order valence-electron chi connectivity index (χ3n) is 5.12. The van der Waals surface area contributed by atoms with Gasteiger partial charge in [0.1, 0.15) is 0 Å². The van der Waals surface area contributed by atoms with Gasteiger partial charge in [-0.25, -0.2) is 8.42 Å². The first-order chi connectivity index (χ1) is 13.2. The lowest BCUT2D eigenvalue weighted by Gasteiger charge is -2.18. The van der Waals surface area contributed by atoms with Crippen molar-refractivity contribution in [3.63, 3.8) is 0 Å². The molecule has 6 heteroatoms. The number of amides is 1. The molecule has 1 amide bonds. The maximum absolute atomic E-state index is 12.8. The Morgan fingerprint density at radius 2 is 1.68 bits per heavy atom. The van der Waals surface area contributed by atoms with E-state index in [0.29, 0.717) is 35.8 Å². The first kappa shape index (κ1) is 20.4. The van der Waals surface area contributed by atoms with Crippen molar-refractivity contribution in [2.75, 3.05) is 21.9 Å². The van der Waals surface area contributed by atoms with Gasteiger partial charge in [-0.1, -0.05) is 39.8 Å². The van der Waals surface area contributed by atoms with Crippen LogP contribution in [-0.4, -0.2) is 26.6 Å². The Kier molecular flexibility index (Phi) is 5.79. The minimum atomic E-state index is -3.20. The highest BCUT2D eigenvalue weighted by Gasteiger charge is 2.28. The van der Waals surface area contributed by atoms with Crippen LogP contribution in [-0.2, 0) is 10.0 Å². The van der Waals surface area contributed by atoms with E-state index >= 15 is 0 Å². The van der Waals surface area contributed by atoms with Crippen LogP contribution in [0.15, 0.2) is 42.5 Å². The Labute approximate surface area is 167 Å². The zero-order chi connectivity index (χ0) is 20.5. The van der Waals surface area contributed by atoms with Crippen molar-refractivity contribution in [2.24, 2.45) is 0 Å². The minimum Gasteiger partial charge on any atom is -0.322 e. The number of sulfonamides is 1. The Bertz CT molecular complexity index is 964. The molecular weight excluding hydrogens is 372 g/mol. The summed E-state index contributed by atoms with van der Waals surface area (Å²) in [6.07, 6.45) is 0.644. The van der Waals surface area contributed by atoms with Crippen LogP contribution in [0.25, 0.3) is 0 Å². The maximum atomic E-state index is 12.8. The largest absolute Gasteiger partial charge is 0.322 e. The molecule has 0 radical (unpaired) electrons. The van der Waals surface area contributed by atoms with E-state index in [9.17, 15) is 13.2 Å². The number of hydrogen-bond acceptors (Lipinski definition) is 3. The molecule has 1 saturated heterocycles. The summed E-state index contributed by atoms with van der Waals surface area (Å²) in [5.41, 5.74) is 4.21. The van der Waals surface area contributed by atoms with E-state index in [1.807, 2.05) is 12.1 Å². The molecule has 150 valence electrons. The van der Waals surface area contributed by atoms with Gasteiger partial charge in [0.15, 0.2) is 0 Å². The van der Waals surface area contributed by atoms with E-state index in [2.05, 4.69) is 39.1 Å². The van der Waals surface area contributed by atoms with Crippen LogP contribution >= 0.6 is 0 Å². The molecule has 2 aromatic rings. The van der Waals surface area contributed by atoms with Crippen LogP contribution in [0.2, 0.25) is 0 Å². The molecule has 0 aromatic heterocycles. The molecule has 1 heterocycles. The number of rotatable bonds is 5. The van der Waals surface area contributed by atoms with Gasteiger partial charge >= 0.3 is 0 Å². The molecule has 0 unspecified atom stereocenters. The van der Waals surface area contributed by atoms with Gasteiger partial charge in [0, 0.05) is 17.8 Å². The quantitative estimate of drug-likeness (QED) is 0.789. The van der Waals surface area contributed by atoms with Crippen molar-refractivity contribution in [1.82, 2.24) is 0 Å². The second-order valence-electron chi connectivity index (χ2n) is 7.90. The van der Waals surface area contributed by atoms with Crippen molar-refractivity contribution >= 4 is 27.3 Å². The molecule has 1 aliphatic rings. The number of hydrogen-bond donors (Lipinski definition) is 1. The Balaban J connectivity index is 1.80. The van der Waals surface area contributed by atoms with E-state index in [1.165, 1.54) is 9.87 Å². The zero-order valence-electron chi connectivity index (χ0n) is 16.9. The molecule has 1 N–H and O–H groups in total. The smallest absolute Gasteiger partial charge is 0.255 e. The zero-order valence-corrected chi connectivity index (χ0v) is 17.7. The number of nitrogens with zero attached hydrogens (tertiary/aromatic N) is 1. The first-order valence-corrected chi connectivity index (χ1v) is 11.4. The van der Waals surface area contributed by atoms with Gasteiger partial charge in [0.25, 0.3) is 5.91 Å². The first-order valence-electron chi connectivity index (χ1n) is 9.74. The summed E-state index contributed by atoms with van der Waals surface area (Å²) in [6, 6.07) is 13.0. The fourth-order valence-corrected chi connectivity index (χ4v) is 5.03. The van der Waals surface area contributed by atoms with E-state index in [-0.39, 0.29) is 17.6 Å². The standard InChI is InChI=1S/C22H28N2O3S/c1-15(2)17-6-11-20(21(14-17)16(3)4)22(25)23-18-7-9-19(10-8-18)24-12-5-13-28(24,26)27/h6-11,14-16H,5,12-13H2,1-4H3,(H,23,25). The molecule has 0 bridgehead atoms. The summed E-state index contributed by atoms with van der Waals surface area (Å²) in [5, 5.41) is 2.93. The summed E-state index contributed by atoms with van der Waals surface area (Å²) in [6.45, 7) is 8.96. The van der Waals surface area contributed by atoms with Gasteiger partial charge in [-0.15, -0.1) is 0 Å². The van der Waals surface area contributed by atoms with Gasteiger partial charge < -0.3 is 5.32 Å². The summed E-state index contributed by atoms with van der Waals surface area (Å²) in [5.74, 6) is 0.683. The van der Waals surface area contributed by atoms with Gasteiger partial charge in [-0.05, 0) is 59.7 Å². The second-order valence-corrected chi connectivity index (χ2v) is 9.91. The monoisotopic (exact) mass is 400 g/mol. The normalized spacial score (nSPS) is 16.0. The molecule has 0 spiro atoms. The maximum Gasteiger partial charge on any atom is 0.255 e. The molecule has 3 rings (SSSR count). The van der Waals surface area contributed by atoms with Gasteiger partial charge in [-0.3, -0.25) is 9.10 Å². The third-order valence-corrected chi connectivity index (χ3v) is 6.99. The SMILES string of the molecule is CC(C)c1ccc(C(=O)Nc2ccc(N3CCCS3(=O)=O)cc2)c(C(C)C)c1. The fraction of sp³-hybridized carbons (Fsp3) is 0.409. The van der Waals surface area contributed by atoms with Crippen LogP contribution in [0, 0.1) is 0 Å².